The molecule has 2 heterocycles. The van der Waals surface area contributed by atoms with E-state index in [4.69, 9.17) is 4.74 Å². The number of nitrogens with one attached hydrogen (secondary N) is 1. The third-order valence-corrected chi connectivity index (χ3v) is 6.27. The highest BCUT2D eigenvalue weighted by atomic mass is 32.1. The topological polar surface area (TPSA) is 41.6 Å². The molecular weight excluding hydrogens is 392 g/mol. The van der Waals surface area contributed by atoms with Crippen molar-refractivity contribution in [3.05, 3.63) is 82.6 Å². The molecule has 2 aromatic carbocycles. The number of rotatable bonds is 7. The molecule has 1 fully saturated rings. The fourth-order valence-corrected chi connectivity index (χ4v) is 4.68. The zero-order chi connectivity index (χ0) is 20.6. The second-order valence-electron chi connectivity index (χ2n) is 7.64. The molecule has 4 rings (SSSR count). The number of para-hydroxylation sites is 2. The first kappa shape index (κ1) is 20.6. The lowest BCUT2D eigenvalue weighted by Crippen LogP contribution is -2.38. The van der Waals surface area contributed by atoms with E-state index >= 15 is 0 Å². The molecule has 5 heteroatoms. The van der Waals surface area contributed by atoms with Gasteiger partial charge in [-0.25, -0.2) is 0 Å². The van der Waals surface area contributed by atoms with E-state index in [1.165, 1.54) is 31.2 Å². The van der Waals surface area contributed by atoms with E-state index in [0.29, 0.717) is 17.9 Å². The summed E-state index contributed by atoms with van der Waals surface area (Å²) in [4.78, 5) is 15.6. The molecule has 1 aromatic heterocycles. The van der Waals surface area contributed by atoms with Crippen LogP contribution in [0.15, 0.2) is 71.4 Å². The van der Waals surface area contributed by atoms with Gasteiger partial charge in [0.2, 0.25) is 0 Å². The quantitative estimate of drug-likeness (QED) is 0.518. The molecule has 0 bridgehead atoms. The van der Waals surface area contributed by atoms with E-state index in [2.05, 4.69) is 27.0 Å². The van der Waals surface area contributed by atoms with E-state index in [1.807, 2.05) is 54.6 Å². The Kier molecular flexibility index (Phi) is 7.16. The van der Waals surface area contributed by atoms with Gasteiger partial charge in [0.05, 0.1) is 11.6 Å². The van der Waals surface area contributed by atoms with Crippen molar-refractivity contribution < 1.29 is 9.53 Å². The largest absolute Gasteiger partial charge is 0.457 e. The highest BCUT2D eigenvalue weighted by Crippen LogP contribution is 2.27. The first-order valence-corrected chi connectivity index (χ1v) is 11.6. The fraction of sp³-hybridized carbons (Fsp3) is 0.320. The average molecular weight is 421 g/mol. The first-order valence-electron chi connectivity index (χ1n) is 10.7. The molecule has 0 saturated carbocycles. The average Bonchev–Trinajstić information content (AvgIpc) is 3.17. The summed E-state index contributed by atoms with van der Waals surface area (Å²) in [6.45, 7) is 2.77. The summed E-state index contributed by atoms with van der Waals surface area (Å²) >= 11 is 1.71. The Morgan fingerprint density at radius 3 is 2.43 bits per heavy atom. The zero-order valence-corrected chi connectivity index (χ0v) is 17.9. The van der Waals surface area contributed by atoms with Crippen molar-refractivity contribution in [3.8, 4) is 11.5 Å². The molecule has 3 aromatic rings. The van der Waals surface area contributed by atoms with Gasteiger partial charge in [0.1, 0.15) is 11.5 Å². The SMILES string of the molecule is O=C(NCC(c1ccsc1)N1CCCCCC1)c1ccccc1Oc1ccccc1. The molecule has 1 unspecified atom stereocenters. The highest BCUT2D eigenvalue weighted by molar-refractivity contribution is 7.08. The number of hydrogen-bond donors (Lipinski definition) is 1. The Morgan fingerprint density at radius 1 is 0.967 bits per heavy atom. The van der Waals surface area contributed by atoms with Gasteiger partial charge in [-0.1, -0.05) is 43.2 Å². The summed E-state index contributed by atoms with van der Waals surface area (Å²) in [7, 11) is 0. The number of carbonyl (C=O) groups is 1. The van der Waals surface area contributed by atoms with Crippen LogP contribution in [0.2, 0.25) is 0 Å². The molecule has 4 nitrogen and oxygen atoms in total. The maximum Gasteiger partial charge on any atom is 0.255 e. The minimum Gasteiger partial charge on any atom is -0.457 e. The van der Waals surface area contributed by atoms with Crippen LogP contribution >= 0.6 is 11.3 Å². The summed E-state index contributed by atoms with van der Waals surface area (Å²) < 4.78 is 5.97. The second-order valence-corrected chi connectivity index (χ2v) is 8.42. The van der Waals surface area contributed by atoms with Crippen molar-refractivity contribution in [2.75, 3.05) is 19.6 Å². The first-order chi connectivity index (χ1) is 14.8. The summed E-state index contributed by atoms with van der Waals surface area (Å²) in [5, 5.41) is 7.49. The van der Waals surface area contributed by atoms with Crippen molar-refractivity contribution in [3.63, 3.8) is 0 Å². The molecule has 1 saturated heterocycles. The van der Waals surface area contributed by atoms with E-state index in [0.717, 1.165) is 18.8 Å². The summed E-state index contributed by atoms with van der Waals surface area (Å²) in [5.41, 5.74) is 1.84. The van der Waals surface area contributed by atoms with Gasteiger partial charge in [-0.05, 0) is 72.6 Å². The second kappa shape index (κ2) is 10.4. The van der Waals surface area contributed by atoms with E-state index in [-0.39, 0.29) is 11.9 Å². The van der Waals surface area contributed by atoms with Gasteiger partial charge >= 0.3 is 0 Å². The number of thiophene rings is 1. The van der Waals surface area contributed by atoms with Crippen LogP contribution in [0.1, 0.15) is 47.6 Å². The minimum atomic E-state index is -0.100. The lowest BCUT2D eigenvalue weighted by Gasteiger charge is -2.30. The number of benzene rings is 2. The van der Waals surface area contributed by atoms with Gasteiger partial charge in [0.15, 0.2) is 0 Å². The Morgan fingerprint density at radius 2 is 1.70 bits per heavy atom. The molecular formula is C25H28N2O2S. The van der Waals surface area contributed by atoms with Crippen molar-refractivity contribution in [1.29, 1.82) is 0 Å². The smallest absolute Gasteiger partial charge is 0.255 e. The number of amides is 1. The van der Waals surface area contributed by atoms with Gasteiger partial charge in [-0.2, -0.15) is 11.3 Å². The van der Waals surface area contributed by atoms with Gasteiger partial charge in [0, 0.05) is 6.54 Å². The predicted octanol–water partition coefficient (Wildman–Crippen LogP) is 5.89. The molecule has 0 spiro atoms. The van der Waals surface area contributed by atoms with Crippen molar-refractivity contribution in [1.82, 2.24) is 10.2 Å². The van der Waals surface area contributed by atoms with Crippen LogP contribution in [-0.4, -0.2) is 30.4 Å². The van der Waals surface area contributed by atoms with Gasteiger partial charge in [-0.15, -0.1) is 0 Å². The molecule has 0 radical (unpaired) electrons. The molecule has 1 aliphatic heterocycles. The number of nitrogens with zero attached hydrogens (tertiary/aromatic N) is 1. The number of carbonyl (C=O) groups excluding carboxylic acids is 1. The van der Waals surface area contributed by atoms with E-state index in [9.17, 15) is 4.79 Å². The molecule has 1 N–H and O–H groups in total. The minimum absolute atomic E-state index is 0.100. The summed E-state index contributed by atoms with van der Waals surface area (Å²) in [6.07, 6.45) is 5.04. The van der Waals surface area contributed by atoms with Crippen LogP contribution in [-0.2, 0) is 0 Å². The predicted molar refractivity (Wildman–Crippen MR) is 122 cm³/mol. The van der Waals surface area contributed by atoms with Crippen LogP contribution in [0.4, 0.5) is 0 Å². The van der Waals surface area contributed by atoms with Crippen molar-refractivity contribution in [2.24, 2.45) is 0 Å². The number of likely N-dealkylation sites (tertiary alicyclic amines) is 1. The standard InChI is InChI=1S/C25H28N2O2S/c28-25(22-12-6-7-13-24(22)29-21-10-4-3-5-11-21)26-18-23(20-14-17-30-19-20)27-15-8-1-2-9-16-27/h3-7,10-14,17,19,23H,1-2,8-9,15-16,18H2,(H,26,28). The van der Waals surface area contributed by atoms with Gasteiger partial charge < -0.3 is 10.1 Å². The molecule has 0 aliphatic carbocycles. The highest BCUT2D eigenvalue weighted by Gasteiger charge is 2.23. The Balaban J connectivity index is 1.47. The van der Waals surface area contributed by atoms with Crippen LogP contribution in [0.25, 0.3) is 0 Å². The third-order valence-electron chi connectivity index (χ3n) is 5.57. The fourth-order valence-electron chi connectivity index (χ4n) is 3.97. The summed E-state index contributed by atoms with van der Waals surface area (Å²) in [6, 6.07) is 19.4. The van der Waals surface area contributed by atoms with E-state index < -0.39 is 0 Å². The van der Waals surface area contributed by atoms with Crippen LogP contribution in [0.3, 0.4) is 0 Å². The summed E-state index contributed by atoms with van der Waals surface area (Å²) in [5.74, 6) is 1.19. The van der Waals surface area contributed by atoms with Gasteiger partial charge in [-0.3, -0.25) is 9.69 Å². The molecule has 1 atom stereocenters. The van der Waals surface area contributed by atoms with Gasteiger partial charge in [0.25, 0.3) is 5.91 Å². The normalized spacial score (nSPS) is 15.9. The van der Waals surface area contributed by atoms with Crippen LogP contribution in [0.5, 0.6) is 11.5 Å². The zero-order valence-electron chi connectivity index (χ0n) is 17.1. The third kappa shape index (κ3) is 5.29. The van der Waals surface area contributed by atoms with Crippen LogP contribution in [0, 0.1) is 0 Å². The van der Waals surface area contributed by atoms with Crippen molar-refractivity contribution in [2.45, 2.75) is 31.7 Å². The Hall–Kier alpha value is -2.63. The maximum atomic E-state index is 13.1. The molecule has 30 heavy (non-hydrogen) atoms. The number of hydrogen-bond acceptors (Lipinski definition) is 4. The lowest BCUT2D eigenvalue weighted by molar-refractivity contribution is 0.0931. The lowest BCUT2D eigenvalue weighted by atomic mass is 10.1. The maximum absolute atomic E-state index is 13.1. The Labute approximate surface area is 182 Å². The molecule has 1 aliphatic rings. The van der Waals surface area contributed by atoms with E-state index in [1.54, 1.807) is 11.3 Å². The molecule has 156 valence electrons. The monoisotopic (exact) mass is 420 g/mol. The molecule has 1 amide bonds. The Bertz CT molecular complexity index is 919. The van der Waals surface area contributed by atoms with Crippen LogP contribution < -0.4 is 10.1 Å². The number of ether oxygens (including phenoxy) is 1. The van der Waals surface area contributed by atoms with Crippen molar-refractivity contribution >= 4 is 17.2 Å².